The van der Waals surface area contributed by atoms with Crippen molar-refractivity contribution in [2.24, 2.45) is 0 Å². The molecule has 0 unspecified atom stereocenters. The van der Waals surface area contributed by atoms with Gasteiger partial charge in [-0.1, -0.05) is 0 Å². The van der Waals surface area contributed by atoms with Crippen molar-refractivity contribution >= 4 is 21.6 Å². The number of nitrogens with zero attached hydrogens (tertiary/aromatic N) is 2. The summed E-state index contributed by atoms with van der Waals surface area (Å²) >= 11 is 1.36. The summed E-state index contributed by atoms with van der Waals surface area (Å²) < 4.78 is 1.90. The lowest BCUT2D eigenvalue weighted by molar-refractivity contribution is 0.383. The molecule has 0 fully saturated rings. The van der Waals surface area contributed by atoms with Gasteiger partial charge in [0, 0.05) is 6.54 Å². The smallest absolute Gasteiger partial charge is 0.309 e. The van der Waals surface area contributed by atoms with Crippen LogP contribution in [0.5, 0.6) is 0 Å². The van der Waals surface area contributed by atoms with Gasteiger partial charge in [0.25, 0.3) is 5.56 Å². The first-order valence-electron chi connectivity index (χ1n) is 5.44. The molecular formula is C11H15N3O2S. The van der Waals surface area contributed by atoms with Gasteiger partial charge in [-0.15, -0.1) is 11.3 Å². The molecule has 2 heterocycles. The third-order valence-electron chi connectivity index (χ3n) is 2.58. The summed E-state index contributed by atoms with van der Waals surface area (Å²) in [6.07, 6.45) is 0.785. The van der Waals surface area contributed by atoms with Crippen LogP contribution in [0.2, 0.25) is 0 Å². The van der Waals surface area contributed by atoms with Crippen LogP contribution < -0.4 is 11.2 Å². The summed E-state index contributed by atoms with van der Waals surface area (Å²) in [5.41, 5.74) is 0.131. The van der Waals surface area contributed by atoms with E-state index in [0.717, 1.165) is 13.0 Å². The highest BCUT2D eigenvalue weighted by atomic mass is 32.1. The van der Waals surface area contributed by atoms with E-state index in [1.165, 1.54) is 15.9 Å². The minimum absolute atomic E-state index is 0.183. The standard InChI is InChI=1S/C11H15N3O2S/c1-13(2)5-3-6-14-10(15)9-8(4-7-17-9)12-11(14)16/h4,7H,3,5-6H2,1-2H3,(H,12,16). The maximum Gasteiger partial charge on any atom is 0.328 e. The summed E-state index contributed by atoms with van der Waals surface area (Å²) in [7, 11) is 3.94. The molecule has 0 bridgehead atoms. The van der Waals surface area contributed by atoms with Gasteiger partial charge in [-0.3, -0.25) is 9.36 Å². The predicted molar refractivity (Wildman–Crippen MR) is 69.9 cm³/mol. The van der Waals surface area contributed by atoms with E-state index >= 15 is 0 Å². The average molecular weight is 253 g/mol. The van der Waals surface area contributed by atoms with Gasteiger partial charge < -0.3 is 9.88 Å². The molecule has 0 aromatic carbocycles. The molecule has 5 nitrogen and oxygen atoms in total. The molecule has 0 saturated heterocycles. The molecule has 6 heteroatoms. The van der Waals surface area contributed by atoms with Gasteiger partial charge in [0.1, 0.15) is 4.70 Å². The van der Waals surface area contributed by atoms with Crippen molar-refractivity contribution in [2.45, 2.75) is 13.0 Å². The lowest BCUT2D eigenvalue weighted by Gasteiger charge is -2.09. The Kier molecular flexibility index (Phi) is 3.44. The Bertz CT molecular complexity index is 623. The first-order chi connectivity index (χ1) is 8.09. The topological polar surface area (TPSA) is 58.1 Å². The molecular weight excluding hydrogens is 238 g/mol. The van der Waals surface area contributed by atoms with E-state index in [0.29, 0.717) is 16.8 Å². The fraction of sp³-hybridized carbons (Fsp3) is 0.455. The van der Waals surface area contributed by atoms with Crippen molar-refractivity contribution in [1.82, 2.24) is 14.5 Å². The summed E-state index contributed by atoms with van der Waals surface area (Å²) in [4.78, 5) is 28.5. The summed E-state index contributed by atoms with van der Waals surface area (Å²) in [5.74, 6) is 0. The SMILES string of the molecule is CN(C)CCCn1c(=O)[nH]c2ccsc2c1=O. The first kappa shape index (κ1) is 12.1. The van der Waals surface area contributed by atoms with Crippen LogP contribution in [0.25, 0.3) is 10.2 Å². The monoisotopic (exact) mass is 253 g/mol. The second kappa shape index (κ2) is 4.85. The van der Waals surface area contributed by atoms with Crippen molar-refractivity contribution in [3.05, 3.63) is 32.3 Å². The Labute approximate surface area is 102 Å². The van der Waals surface area contributed by atoms with Crippen molar-refractivity contribution in [1.29, 1.82) is 0 Å². The minimum atomic E-state index is -0.320. The molecule has 0 amide bonds. The second-order valence-corrected chi connectivity index (χ2v) is 5.12. The summed E-state index contributed by atoms with van der Waals surface area (Å²) in [6.45, 7) is 1.31. The summed E-state index contributed by atoms with van der Waals surface area (Å²) in [6, 6.07) is 1.76. The van der Waals surface area contributed by atoms with E-state index in [1.807, 2.05) is 24.4 Å². The Morgan fingerprint density at radius 3 is 2.88 bits per heavy atom. The lowest BCUT2D eigenvalue weighted by Crippen LogP contribution is -2.35. The maximum absolute atomic E-state index is 12.0. The minimum Gasteiger partial charge on any atom is -0.309 e. The average Bonchev–Trinajstić information content (AvgIpc) is 2.70. The molecule has 2 rings (SSSR count). The van der Waals surface area contributed by atoms with E-state index < -0.39 is 0 Å². The molecule has 0 aliphatic heterocycles. The number of H-pyrrole nitrogens is 1. The predicted octanol–water partition coefficient (Wildman–Crippen LogP) is 0.703. The number of thiophene rings is 1. The van der Waals surface area contributed by atoms with Crippen LogP contribution in [0.4, 0.5) is 0 Å². The molecule has 1 N–H and O–H groups in total. The number of rotatable bonds is 4. The van der Waals surface area contributed by atoms with Crippen LogP contribution in [0.3, 0.4) is 0 Å². The Morgan fingerprint density at radius 1 is 1.41 bits per heavy atom. The highest BCUT2D eigenvalue weighted by molar-refractivity contribution is 7.17. The molecule has 92 valence electrons. The highest BCUT2D eigenvalue weighted by Gasteiger charge is 2.07. The number of aromatic amines is 1. The normalized spacial score (nSPS) is 11.5. The zero-order valence-electron chi connectivity index (χ0n) is 9.90. The number of nitrogens with one attached hydrogen (secondary N) is 1. The number of hydrogen-bond donors (Lipinski definition) is 1. The molecule has 0 aliphatic rings. The highest BCUT2D eigenvalue weighted by Crippen LogP contribution is 2.11. The van der Waals surface area contributed by atoms with Gasteiger partial charge in [0.05, 0.1) is 5.52 Å². The van der Waals surface area contributed by atoms with Gasteiger partial charge in [-0.25, -0.2) is 4.79 Å². The molecule has 2 aromatic rings. The van der Waals surface area contributed by atoms with Crippen LogP contribution in [-0.2, 0) is 6.54 Å². The van der Waals surface area contributed by atoms with Crippen LogP contribution in [0.1, 0.15) is 6.42 Å². The van der Waals surface area contributed by atoms with E-state index in [4.69, 9.17) is 0 Å². The van der Waals surface area contributed by atoms with E-state index in [2.05, 4.69) is 4.98 Å². The Hall–Kier alpha value is -1.40. The summed E-state index contributed by atoms with van der Waals surface area (Å²) in [5, 5.41) is 1.81. The van der Waals surface area contributed by atoms with E-state index in [-0.39, 0.29) is 11.2 Å². The zero-order valence-corrected chi connectivity index (χ0v) is 10.7. The van der Waals surface area contributed by atoms with Crippen LogP contribution in [0.15, 0.2) is 21.0 Å². The van der Waals surface area contributed by atoms with Crippen molar-refractivity contribution in [3.63, 3.8) is 0 Å². The van der Waals surface area contributed by atoms with Crippen LogP contribution in [0, 0.1) is 0 Å². The molecule has 0 atom stereocenters. The number of aromatic nitrogens is 2. The third-order valence-corrected chi connectivity index (χ3v) is 3.48. The fourth-order valence-electron chi connectivity index (χ4n) is 1.72. The van der Waals surface area contributed by atoms with E-state index in [1.54, 1.807) is 6.07 Å². The molecule has 17 heavy (non-hydrogen) atoms. The van der Waals surface area contributed by atoms with Crippen LogP contribution >= 0.6 is 11.3 Å². The van der Waals surface area contributed by atoms with Gasteiger partial charge in [0.2, 0.25) is 0 Å². The Balaban J connectivity index is 2.33. The number of fused-ring (bicyclic) bond motifs is 1. The third kappa shape index (κ3) is 2.48. The number of hydrogen-bond acceptors (Lipinski definition) is 4. The lowest BCUT2D eigenvalue weighted by atomic mass is 10.4. The first-order valence-corrected chi connectivity index (χ1v) is 6.32. The molecule has 0 spiro atoms. The molecule has 0 radical (unpaired) electrons. The fourth-order valence-corrected chi connectivity index (χ4v) is 2.52. The maximum atomic E-state index is 12.0. The van der Waals surface area contributed by atoms with Crippen LogP contribution in [-0.4, -0.2) is 35.1 Å². The van der Waals surface area contributed by atoms with Crippen molar-refractivity contribution in [3.8, 4) is 0 Å². The molecule has 0 aliphatic carbocycles. The van der Waals surface area contributed by atoms with Gasteiger partial charge in [-0.05, 0) is 38.5 Å². The van der Waals surface area contributed by atoms with Crippen molar-refractivity contribution < 1.29 is 0 Å². The van der Waals surface area contributed by atoms with Gasteiger partial charge in [0.15, 0.2) is 0 Å². The van der Waals surface area contributed by atoms with Crippen molar-refractivity contribution in [2.75, 3.05) is 20.6 Å². The quantitative estimate of drug-likeness (QED) is 0.872. The van der Waals surface area contributed by atoms with Gasteiger partial charge in [-0.2, -0.15) is 0 Å². The Morgan fingerprint density at radius 2 is 2.18 bits per heavy atom. The zero-order chi connectivity index (χ0) is 12.4. The van der Waals surface area contributed by atoms with Gasteiger partial charge >= 0.3 is 5.69 Å². The molecule has 2 aromatic heterocycles. The van der Waals surface area contributed by atoms with E-state index in [9.17, 15) is 9.59 Å². The largest absolute Gasteiger partial charge is 0.328 e. The second-order valence-electron chi connectivity index (χ2n) is 4.21. The molecule has 0 saturated carbocycles.